The highest BCUT2D eigenvalue weighted by molar-refractivity contribution is 5.90. The Balaban J connectivity index is 1.49. The number of hydrogen-bond acceptors (Lipinski definition) is 0. The minimum atomic E-state index is 0.365. The second-order valence-electron chi connectivity index (χ2n) is 9.11. The molecule has 0 radical (unpaired) electrons. The second-order valence-corrected chi connectivity index (χ2v) is 9.11. The lowest BCUT2D eigenvalue weighted by molar-refractivity contribution is 0.628. The Morgan fingerprint density at radius 2 is 1.09 bits per heavy atom. The number of aromatic amines is 3. The summed E-state index contributed by atoms with van der Waals surface area (Å²) in [4.78, 5) is 10.9. The van der Waals surface area contributed by atoms with Gasteiger partial charge in [-0.1, -0.05) is 61.0 Å². The number of H-pyrrole nitrogens is 3. The molecule has 1 aliphatic rings. The van der Waals surface area contributed by atoms with Crippen molar-refractivity contribution in [2.75, 3.05) is 0 Å². The predicted molar refractivity (Wildman–Crippen MR) is 132 cm³/mol. The number of hydrogen-bond donors (Lipinski definition) is 3. The molecule has 3 heteroatoms. The summed E-state index contributed by atoms with van der Waals surface area (Å²) in [7, 11) is 0. The van der Waals surface area contributed by atoms with Gasteiger partial charge in [0.25, 0.3) is 0 Å². The van der Waals surface area contributed by atoms with Gasteiger partial charge in [-0.25, -0.2) is 0 Å². The van der Waals surface area contributed by atoms with Gasteiger partial charge in [-0.3, -0.25) is 0 Å². The molecule has 0 aliphatic heterocycles. The maximum absolute atomic E-state index is 3.88. The van der Waals surface area contributed by atoms with Gasteiger partial charge in [0.2, 0.25) is 0 Å². The third-order valence-electron chi connectivity index (χ3n) is 7.45. The molecular formula is C29H25N3. The van der Waals surface area contributed by atoms with Crippen molar-refractivity contribution in [3.63, 3.8) is 0 Å². The van der Waals surface area contributed by atoms with E-state index in [1.165, 1.54) is 61.5 Å². The van der Waals surface area contributed by atoms with Crippen LogP contribution in [0.4, 0.5) is 0 Å². The van der Waals surface area contributed by atoms with Crippen molar-refractivity contribution in [1.29, 1.82) is 0 Å². The van der Waals surface area contributed by atoms with Crippen LogP contribution in [0.1, 0.15) is 53.5 Å². The molecule has 3 nitrogen and oxygen atoms in total. The predicted octanol–water partition coefficient (Wildman–Crippen LogP) is 7.58. The number of benzene rings is 3. The Morgan fingerprint density at radius 1 is 0.562 bits per heavy atom. The van der Waals surface area contributed by atoms with E-state index in [-0.39, 0.29) is 0 Å². The van der Waals surface area contributed by atoms with E-state index in [4.69, 9.17) is 0 Å². The third-order valence-corrected chi connectivity index (χ3v) is 7.45. The van der Waals surface area contributed by atoms with E-state index >= 15 is 0 Å². The van der Waals surface area contributed by atoms with Gasteiger partial charge in [0.15, 0.2) is 0 Å². The van der Waals surface area contributed by atoms with E-state index in [2.05, 4.69) is 100 Å². The van der Waals surface area contributed by atoms with Crippen molar-refractivity contribution in [3.05, 3.63) is 108 Å². The first-order valence-corrected chi connectivity index (χ1v) is 11.6. The summed E-state index contributed by atoms with van der Waals surface area (Å²) in [6.07, 6.45) is 7.99. The molecule has 0 saturated heterocycles. The fraction of sp³-hybridized carbons (Fsp3) is 0.172. The molecule has 0 saturated carbocycles. The maximum Gasteiger partial charge on any atom is 0.0459 e. The second kappa shape index (κ2) is 6.89. The van der Waals surface area contributed by atoms with Crippen molar-refractivity contribution >= 4 is 32.7 Å². The number of para-hydroxylation sites is 3. The van der Waals surface area contributed by atoms with Gasteiger partial charge in [-0.05, 0) is 47.7 Å². The topological polar surface area (TPSA) is 47.4 Å². The summed E-state index contributed by atoms with van der Waals surface area (Å²) in [5, 5.41) is 4.05. The highest BCUT2D eigenvalue weighted by Crippen LogP contribution is 2.48. The Morgan fingerprint density at radius 3 is 1.78 bits per heavy atom. The number of nitrogens with one attached hydrogen (secondary N) is 3. The van der Waals surface area contributed by atoms with Crippen LogP contribution < -0.4 is 0 Å². The largest absolute Gasteiger partial charge is 0.361 e. The molecular weight excluding hydrogens is 390 g/mol. The molecule has 0 amide bonds. The van der Waals surface area contributed by atoms with Gasteiger partial charge in [-0.2, -0.15) is 0 Å². The van der Waals surface area contributed by atoms with Crippen molar-refractivity contribution in [2.24, 2.45) is 0 Å². The fourth-order valence-corrected chi connectivity index (χ4v) is 6.04. The molecule has 3 aromatic heterocycles. The van der Waals surface area contributed by atoms with Gasteiger partial charge in [0.1, 0.15) is 0 Å². The Hall–Kier alpha value is -3.72. The summed E-state index contributed by atoms with van der Waals surface area (Å²) in [6.45, 7) is 0. The van der Waals surface area contributed by atoms with E-state index in [1.807, 2.05) is 0 Å². The molecule has 0 fully saturated rings. The van der Waals surface area contributed by atoms with E-state index in [0.717, 1.165) is 12.8 Å². The molecule has 1 aliphatic carbocycles. The van der Waals surface area contributed by atoms with E-state index in [0.29, 0.717) is 11.8 Å². The summed E-state index contributed by atoms with van der Waals surface area (Å²) >= 11 is 0. The van der Waals surface area contributed by atoms with E-state index in [1.54, 1.807) is 0 Å². The monoisotopic (exact) mass is 415 g/mol. The summed E-state index contributed by atoms with van der Waals surface area (Å²) in [5.74, 6) is 0.747. The van der Waals surface area contributed by atoms with Crippen LogP contribution in [-0.2, 0) is 0 Å². The Bertz CT molecular complexity index is 1580. The van der Waals surface area contributed by atoms with Crippen molar-refractivity contribution in [2.45, 2.75) is 31.1 Å². The molecule has 156 valence electrons. The van der Waals surface area contributed by atoms with Crippen LogP contribution in [0.5, 0.6) is 0 Å². The first-order valence-electron chi connectivity index (χ1n) is 11.6. The van der Waals surface area contributed by atoms with E-state index in [9.17, 15) is 0 Å². The molecule has 2 atom stereocenters. The first-order chi connectivity index (χ1) is 15.9. The molecule has 3 aromatic carbocycles. The average molecular weight is 416 g/mol. The molecule has 0 bridgehead atoms. The maximum atomic E-state index is 3.88. The molecule has 6 aromatic rings. The van der Waals surface area contributed by atoms with Crippen LogP contribution >= 0.6 is 0 Å². The lowest BCUT2D eigenvalue weighted by Crippen LogP contribution is -2.04. The smallest absolute Gasteiger partial charge is 0.0459 e. The van der Waals surface area contributed by atoms with Crippen molar-refractivity contribution < 1.29 is 0 Å². The third kappa shape index (κ3) is 2.54. The number of rotatable bonds is 2. The standard InChI is InChI=1S/C29H25N3/c1-4-13-25-18(8-1)23(16-30-25)20-11-7-12-21(24-17-31-26-14-5-2-9-19(24)26)29-28(20)22-10-3-6-15-27(22)32-29/h1-6,8-10,13-17,20-21,30-32H,7,11-12H2/t20-,21+/m0/s1. The van der Waals surface area contributed by atoms with E-state index < -0.39 is 0 Å². The first kappa shape index (κ1) is 17.9. The van der Waals surface area contributed by atoms with Crippen LogP contribution in [0, 0.1) is 0 Å². The molecule has 3 N–H and O–H groups in total. The number of aromatic nitrogens is 3. The SMILES string of the molecule is c1ccc2c([C@H]3CCC[C@@H](c4c[nH]c5ccccc45)c4c3[nH]c3ccccc43)c[nH]c2c1. The van der Waals surface area contributed by atoms with Gasteiger partial charge < -0.3 is 15.0 Å². The molecule has 0 spiro atoms. The van der Waals surface area contributed by atoms with Gasteiger partial charge in [0, 0.05) is 62.6 Å². The average Bonchev–Trinajstić information content (AvgIpc) is 3.53. The van der Waals surface area contributed by atoms with Gasteiger partial charge >= 0.3 is 0 Å². The van der Waals surface area contributed by atoms with Crippen LogP contribution in [0.15, 0.2) is 85.2 Å². The Labute approximate surface area is 186 Å². The summed E-state index contributed by atoms with van der Waals surface area (Å²) in [6, 6.07) is 26.2. The van der Waals surface area contributed by atoms with Crippen molar-refractivity contribution in [3.8, 4) is 0 Å². The van der Waals surface area contributed by atoms with Gasteiger partial charge in [-0.15, -0.1) is 0 Å². The van der Waals surface area contributed by atoms with Crippen LogP contribution in [-0.4, -0.2) is 15.0 Å². The normalized spacial score (nSPS) is 18.9. The van der Waals surface area contributed by atoms with Crippen LogP contribution in [0.25, 0.3) is 32.7 Å². The quantitative estimate of drug-likeness (QED) is 0.244. The zero-order valence-electron chi connectivity index (χ0n) is 17.9. The molecule has 7 rings (SSSR count). The summed E-state index contributed by atoms with van der Waals surface area (Å²) in [5.41, 5.74) is 9.40. The highest BCUT2D eigenvalue weighted by atomic mass is 14.8. The summed E-state index contributed by atoms with van der Waals surface area (Å²) < 4.78 is 0. The van der Waals surface area contributed by atoms with Crippen LogP contribution in [0.2, 0.25) is 0 Å². The zero-order chi connectivity index (χ0) is 21.1. The van der Waals surface area contributed by atoms with Crippen molar-refractivity contribution in [1.82, 2.24) is 15.0 Å². The zero-order valence-corrected chi connectivity index (χ0v) is 17.9. The molecule has 32 heavy (non-hydrogen) atoms. The minimum absolute atomic E-state index is 0.365. The molecule has 3 heterocycles. The Kier molecular flexibility index (Phi) is 3.86. The minimum Gasteiger partial charge on any atom is -0.361 e. The van der Waals surface area contributed by atoms with Crippen LogP contribution in [0.3, 0.4) is 0 Å². The molecule has 0 unspecified atom stereocenters. The highest BCUT2D eigenvalue weighted by Gasteiger charge is 2.32. The van der Waals surface area contributed by atoms with Gasteiger partial charge in [0.05, 0.1) is 0 Å². The lowest BCUT2D eigenvalue weighted by atomic mass is 9.85. The fourth-order valence-electron chi connectivity index (χ4n) is 6.04. The lowest BCUT2D eigenvalue weighted by Gasteiger charge is -2.18. The number of fused-ring (bicyclic) bond motifs is 5.